The lowest BCUT2D eigenvalue weighted by atomic mass is 10.0. The van der Waals surface area contributed by atoms with Gasteiger partial charge in [-0.25, -0.2) is 9.13 Å². The first-order valence-corrected chi connectivity index (χ1v) is 44.3. The molecule has 3 N–H and O–H groups in total. The summed E-state index contributed by atoms with van der Waals surface area (Å²) in [5.41, 5.74) is 0. The summed E-state index contributed by atoms with van der Waals surface area (Å²) in [6.07, 6.45) is 65.0. The van der Waals surface area contributed by atoms with Crippen molar-refractivity contribution in [1.82, 2.24) is 0 Å². The molecule has 582 valence electrons. The van der Waals surface area contributed by atoms with Crippen molar-refractivity contribution in [1.29, 1.82) is 0 Å². The van der Waals surface area contributed by atoms with Gasteiger partial charge < -0.3 is 33.8 Å². The molecule has 0 fully saturated rings. The van der Waals surface area contributed by atoms with E-state index in [1.54, 1.807) is 0 Å². The van der Waals surface area contributed by atoms with Gasteiger partial charge in [0.25, 0.3) is 0 Å². The van der Waals surface area contributed by atoms with Crippen LogP contribution in [0.2, 0.25) is 0 Å². The fourth-order valence-electron chi connectivity index (χ4n) is 12.3. The molecule has 0 radical (unpaired) electrons. The van der Waals surface area contributed by atoms with Crippen LogP contribution in [0.3, 0.4) is 0 Å². The molecule has 5 atom stereocenters. The van der Waals surface area contributed by atoms with Gasteiger partial charge in [-0.05, 0) is 25.7 Å². The normalized spacial score (nSPS) is 13.8. The van der Waals surface area contributed by atoms with Crippen molar-refractivity contribution in [2.24, 2.45) is 0 Å². The topological polar surface area (TPSA) is 237 Å². The number of unbranched alkanes of at least 4 members (excludes halogenated alkanes) is 54. The molecule has 17 nitrogen and oxygen atoms in total. The molecule has 19 heteroatoms. The molecule has 0 spiro atoms. The second kappa shape index (κ2) is 73.4. The molecular formula is C79H154O17P2. The number of carbonyl (C=O) groups excluding carboxylic acids is 4. The van der Waals surface area contributed by atoms with Crippen molar-refractivity contribution in [3.63, 3.8) is 0 Å². The van der Waals surface area contributed by atoms with E-state index in [1.807, 2.05) is 0 Å². The van der Waals surface area contributed by atoms with E-state index in [2.05, 4.69) is 27.7 Å². The van der Waals surface area contributed by atoms with Crippen molar-refractivity contribution in [2.45, 2.75) is 444 Å². The Bertz CT molecular complexity index is 1860. The Kier molecular flexibility index (Phi) is 71.9. The molecule has 0 saturated heterocycles. The van der Waals surface area contributed by atoms with Gasteiger partial charge in [-0.2, -0.15) is 0 Å². The molecule has 0 aliphatic rings. The SMILES string of the molecule is CCCCCCCCCCCCCCCCCCCCCC(=O)O[C@H](COC(=O)CCCCCCCCCCCCCCC)COP(=O)(O)OC[C@@H](O)COP(=O)(O)OC[C@@H](COC(=O)CCCCCCCCCCCCCCC)OC(=O)CCCCCCCCCCCCCCC. The summed E-state index contributed by atoms with van der Waals surface area (Å²) in [7, 11) is -9.91. The number of phosphoric ester groups is 2. The van der Waals surface area contributed by atoms with Gasteiger partial charge in [-0.3, -0.25) is 37.3 Å². The van der Waals surface area contributed by atoms with Crippen LogP contribution >= 0.6 is 15.6 Å². The molecule has 0 heterocycles. The van der Waals surface area contributed by atoms with Gasteiger partial charge in [-0.15, -0.1) is 0 Å². The van der Waals surface area contributed by atoms with Gasteiger partial charge in [0.15, 0.2) is 12.2 Å². The summed E-state index contributed by atoms with van der Waals surface area (Å²) in [4.78, 5) is 73.0. The van der Waals surface area contributed by atoms with E-state index in [4.69, 9.17) is 37.0 Å². The number of carbonyl (C=O) groups is 4. The van der Waals surface area contributed by atoms with Gasteiger partial charge in [0.05, 0.1) is 26.4 Å². The van der Waals surface area contributed by atoms with E-state index in [9.17, 15) is 43.2 Å². The van der Waals surface area contributed by atoms with Crippen molar-refractivity contribution < 1.29 is 80.2 Å². The predicted molar refractivity (Wildman–Crippen MR) is 400 cm³/mol. The lowest BCUT2D eigenvalue weighted by Gasteiger charge is -2.21. The minimum absolute atomic E-state index is 0.109. The summed E-state index contributed by atoms with van der Waals surface area (Å²) in [6.45, 7) is 5.02. The Hall–Kier alpha value is -1.94. The molecular weight excluding hydrogens is 1280 g/mol. The third kappa shape index (κ3) is 72.4. The average Bonchev–Trinajstić information content (AvgIpc) is 0.982. The molecule has 0 rings (SSSR count). The standard InChI is InChI=1S/C79H154O17P2/c1-5-9-13-17-21-25-29-33-34-35-36-37-38-42-46-50-54-58-62-66-79(84)96-75(70-90-77(82)64-60-56-52-48-44-40-31-27-23-19-15-11-7-3)72-94-98(87,88)92-68-73(80)67-91-97(85,86)93-71-74(95-78(83)65-61-57-53-49-45-41-32-28-24-20-16-12-8-4)69-89-76(81)63-59-55-51-47-43-39-30-26-22-18-14-10-6-2/h73-75,80H,5-72H2,1-4H3,(H,85,86)(H,87,88)/t73-,74+,75+/m0/s1. The van der Waals surface area contributed by atoms with Crippen molar-refractivity contribution in [2.75, 3.05) is 39.6 Å². The highest BCUT2D eigenvalue weighted by Crippen LogP contribution is 2.45. The van der Waals surface area contributed by atoms with Crippen molar-refractivity contribution in [3.8, 4) is 0 Å². The third-order valence-corrected chi connectivity index (χ3v) is 20.5. The maximum absolute atomic E-state index is 13.1. The first-order valence-electron chi connectivity index (χ1n) is 41.3. The summed E-state index contributed by atoms with van der Waals surface area (Å²) in [6, 6.07) is 0. The van der Waals surface area contributed by atoms with Crippen LogP contribution in [0.25, 0.3) is 0 Å². The molecule has 0 amide bonds. The number of esters is 4. The Morgan fingerprint density at radius 2 is 0.408 bits per heavy atom. The van der Waals surface area contributed by atoms with Gasteiger partial charge in [-0.1, -0.05) is 374 Å². The Morgan fingerprint density at radius 3 is 0.602 bits per heavy atom. The van der Waals surface area contributed by atoms with E-state index >= 15 is 0 Å². The number of rotatable bonds is 80. The van der Waals surface area contributed by atoms with Crippen LogP contribution in [0.4, 0.5) is 0 Å². The molecule has 98 heavy (non-hydrogen) atoms. The van der Waals surface area contributed by atoms with Crippen molar-refractivity contribution in [3.05, 3.63) is 0 Å². The smallest absolute Gasteiger partial charge is 0.462 e. The zero-order chi connectivity index (χ0) is 71.8. The number of ether oxygens (including phenoxy) is 4. The Balaban J connectivity index is 5.24. The second-order valence-corrected chi connectivity index (χ2v) is 31.4. The number of aliphatic hydroxyl groups is 1. The number of hydrogen-bond donors (Lipinski definition) is 3. The zero-order valence-electron chi connectivity index (χ0n) is 63.8. The van der Waals surface area contributed by atoms with Crippen LogP contribution < -0.4 is 0 Å². The monoisotopic (exact) mass is 1440 g/mol. The molecule has 0 aromatic rings. The van der Waals surface area contributed by atoms with Crippen LogP contribution in [-0.4, -0.2) is 96.7 Å². The van der Waals surface area contributed by atoms with Crippen molar-refractivity contribution >= 4 is 39.5 Å². The summed E-state index contributed by atoms with van der Waals surface area (Å²) in [5.74, 6) is -2.10. The fourth-order valence-corrected chi connectivity index (χ4v) is 13.9. The minimum atomic E-state index is -4.96. The molecule has 0 aliphatic heterocycles. The summed E-state index contributed by atoms with van der Waals surface area (Å²) < 4.78 is 68.7. The molecule has 0 aliphatic carbocycles. The van der Waals surface area contributed by atoms with Gasteiger partial charge in [0.2, 0.25) is 0 Å². The number of hydrogen-bond acceptors (Lipinski definition) is 15. The van der Waals surface area contributed by atoms with Gasteiger partial charge in [0, 0.05) is 25.7 Å². The van der Waals surface area contributed by atoms with E-state index in [0.29, 0.717) is 25.7 Å². The second-order valence-electron chi connectivity index (χ2n) is 28.5. The summed E-state index contributed by atoms with van der Waals surface area (Å²) in [5, 5.41) is 10.6. The van der Waals surface area contributed by atoms with Crippen LogP contribution in [0.5, 0.6) is 0 Å². The maximum Gasteiger partial charge on any atom is 0.472 e. The fraction of sp³-hybridized carbons (Fsp3) is 0.949. The number of phosphoric acid groups is 2. The minimum Gasteiger partial charge on any atom is -0.462 e. The average molecular weight is 1440 g/mol. The van der Waals surface area contributed by atoms with Crippen LogP contribution in [0.1, 0.15) is 426 Å². The lowest BCUT2D eigenvalue weighted by Crippen LogP contribution is -2.30. The van der Waals surface area contributed by atoms with Crippen LogP contribution in [-0.2, 0) is 65.4 Å². The molecule has 0 bridgehead atoms. The highest BCUT2D eigenvalue weighted by Gasteiger charge is 2.30. The molecule has 0 saturated carbocycles. The Labute approximate surface area is 600 Å². The largest absolute Gasteiger partial charge is 0.472 e. The highest BCUT2D eigenvalue weighted by atomic mass is 31.2. The first-order chi connectivity index (χ1) is 47.7. The molecule has 0 aromatic heterocycles. The lowest BCUT2D eigenvalue weighted by molar-refractivity contribution is -0.161. The third-order valence-electron chi connectivity index (χ3n) is 18.6. The number of aliphatic hydroxyl groups excluding tert-OH is 1. The van der Waals surface area contributed by atoms with Crippen LogP contribution in [0.15, 0.2) is 0 Å². The highest BCUT2D eigenvalue weighted by molar-refractivity contribution is 7.47. The zero-order valence-corrected chi connectivity index (χ0v) is 65.6. The summed E-state index contributed by atoms with van der Waals surface area (Å²) >= 11 is 0. The maximum atomic E-state index is 13.1. The quantitative estimate of drug-likeness (QED) is 0.0222. The van der Waals surface area contributed by atoms with E-state index in [-0.39, 0.29) is 25.7 Å². The predicted octanol–water partition coefficient (Wildman–Crippen LogP) is 23.8. The van der Waals surface area contributed by atoms with Crippen LogP contribution in [0, 0.1) is 0 Å². The Morgan fingerprint density at radius 1 is 0.245 bits per heavy atom. The molecule has 2 unspecified atom stereocenters. The van der Waals surface area contributed by atoms with E-state index in [0.717, 1.165) is 89.9 Å². The van der Waals surface area contributed by atoms with E-state index < -0.39 is 97.5 Å². The van der Waals surface area contributed by atoms with Gasteiger partial charge in [0.1, 0.15) is 19.3 Å². The van der Waals surface area contributed by atoms with E-state index in [1.165, 1.54) is 257 Å². The molecule has 0 aromatic carbocycles. The first kappa shape index (κ1) is 96.1. The van der Waals surface area contributed by atoms with Gasteiger partial charge >= 0.3 is 39.5 Å².